The third-order valence-electron chi connectivity index (χ3n) is 4.40. The van der Waals surface area contributed by atoms with Crippen molar-refractivity contribution in [3.8, 4) is 0 Å². The van der Waals surface area contributed by atoms with Gasteiger partial charge in [0, 0.05) is 25.2 Å². The Bertz CT molecular complexity index is 858. The first-order valence-electron chi connectivity index (χ1n) is 8.51. The number of amides is 1. The van der Waals surface area contributed by atoms with Crippen molar-refractivity contribution in [3.05, 3.63) is 59.0 Å². The van der Waals surface area contributed by atoms with Gasteiger partial charge >= 0.3 is 0 Å². The second kappa shape index (κ2) is 6.95. The van der Waals surface area contributed by atoms with E-state index in [1.165, 1.54) is 16.7 Å². The van der Waals surface area contributed by atoms with Gasteiger partial charge in [-0.1, -0.05) is 37.1 Å². The van der Waals surface area contributed by atoms with Gasteiger partial charge in [0.1, 0.15) is 5.69 Å². The Labute approximate surface area is 142 Å². The standard InChI is InChI=1S/C20H24N2O2/c1-4-5-9-21-20(23)18-12-19-17(8-10-24-19)22(18)13-16-11-14(2)6-7-15(16)3/h6-8,10-12H,4-5,9,13H2,1-3H3,(H,21,23). The van der Waals surface area contributed by atoms with Gasteiger partial charge < -0.3 is 14.3 Å². The molecule has 1 amide bonds. The zero-order valence-corrected chi connectivity index (χ0v) is 14.6. The van der Waals surface area contributed by atoms with Crippen molar-refractivity contribution in [1.29, 1.82) is 0 Å². The van der Waals surface area contributed by atoms with E-state index in [2.05, 4.69) is 44.3 Å². The van der Waals surface area contributed by atoms with E-state index < -0.39 is 0 Å². The number of hydrogen-bond acceptors (Lipinski definition) is 2. The summed E-state index contributed by atoms with van der Waals surface area (Å²) in [6.07, 6.45) is 3.72. The molecule has 3 rings (SSSR count). The molecule has 0 saturated carbocycles. The van der Waals surface area contributed by atoms with E-state index >= 15 is 0 Å². The van der Waals surface area contributed by atoms with Crippen LogP contribution in [-0.2, 0) is 6.54 Å². The number of unbranched alkanes of at least 4 members (excludes halogenated alkanes) is 1. The number of rotatable bonds is 6. The second-order valence-electron chi connectivity index (χ2n) is 6.33. The van der Waals surface area contributed by atoms with E-state index in [0.717, 1.165) is 23.9 Å². The lowest BCUT2D eigenvalue weighted by Crippen LogP contribution is -2.27. The third kappa shape index (κ3) is 3.23. The summed E-state index contributed by atoms with van der Waals surface area (Å²) in [7, 11) is 0. The Morgan fingerprint density at radius 3 is 2.83 bits per heavy atom. The van der Waals surface area contributed by atoms with Gasteiger partial charge in [-0.3, -0.25) is 4.79 Å². The molecule has 2 heterocycles. The fraction of sp³-hybridized carbons (Fsp3) is 0.350. The summed E-state index contributed by atoms with van der Waals surface area (Å²) in [5, 5.41) is 3.00. The number of aryl methyl sites for hydroxylation is 2. The molecule has 2 aromatic heterocycles. The largest absolute Gasteiger partial charge is 0.463 e. The van der Waals surface area contributed by atoms with Crippen LogP contribution in [0.3, 0.4) is 0 Å². The molecule has 0 bridgehead atoms. The molecule has 4 heteroatoms. The van der Waals surface area contributed by atoms with Crippen molar-refractivity contribution in [1.82, 2.24) is 9.88 Å². The molecule has 3 aromatic rings. The topological polar surface area (TPSA) is 47.2 Å². The number of hydrogen-bond donors (Lipinski definition) is 1. The molecule has 0 aliphatic heterocycles. The lowest BCUT2D eigenvalue weighted by molar-refractivity contribution is 0.0944. The minimum atomic E-state index is -0.0415. The number of benzene rings is 1. The molecule has 1 N–H and O–H groups in total. The Morgan fingerprint density at radius 1 is 1.21 bits per heavy atom. The van der Waals surface area contributed by atoms with Crippen LogP contribution in [0.15, 0.2) is 41.0 Å². The smallest absolute Gasteiger partial charge is 0.268 e. The average Bonchev–Trinajstić information content (AvgIpc) is 3.13. The highest BCUT2D eigenvalue weighted by molar-refractivity contribution is 5.97. The molecule has 0 spiro atoms. The molecule has 24 heavy (non-hydrogen) atoms. The summed E-state index contributed by atoms with van der Waals surface area (Å²) in [5.41, 5.74) is 6.03. The predicted molar refractivity (Wildman–Crippen MR) is 96.5 cm³/mol. The van der Waals surface area contributed by atoms with Gasteiger partial charge in [0.15, 0.2) is 5.58 Å². The van der Waals surface area contributed by atoms with Crippen LogP contribution in [0.4, 0.5) is 0 Å². The van der Waals surface area contributed by atoms with Crippen molar-refractivity contribution >= 4 is 17.0 Å². The number of carbonyl (C=O) groups excluding carboxylic acids is 1. The number of nitrogens with zero attached hydrogens (tertiary/aromatic N) is 1. The molecule has 126 valence electrons. The van der Waals surface area contributed by atoms with Crippen molar-refractivity contribution in [2.24, 2.45) is 0 Å². The Morgan fingerprint density at radius 2 is 2.04 bits per heavy atom. The number of fused-ring (bicyclic) bond motifs is 1. The van der Waals surface area contributed by atoms with Crippen LogP contribution in [-0.4, -0.2) is 17.0 Å². The molecule has 1 aromatic carbocycles. The fourth-order valence-electron chi connectivity index (χ4n) is 2.95. The van der Waals surface area contributed by atoms with Crippen LogP contribution in [0.2, 0.25) is 0 Å². The first-order chi connectivity index (χ1) is 11.6. The van der Waals surface area contributed by atoms with Gasteiger partial charge in [0.25, 0.3) is 5.91 Å². The number of furan rings is 1. The first kappa shape index (κ1) is 16.4. The van der Waals surface area contributed by atoms with Gasteiger partial charge in [0.2, 0.25) is 0 Å². The highest BCUT2D eigenvalue weighted by Crippen LogP contribution is 2.24. The molecule has 4 nitrogen and oxygen atoms in total. The number of nitrogens with one attached hydrogen (secondary N) is 1. The monoisotopic (exact) mass is 324 g/mol. The second-order valence-corrected chi connectivity index (χ2v) is 6.33. The van der Waals surface area contributed by atoms with Crippen LogP contribution in [0.1, 0.15) is 46.9 Å². The Hall–Kier alpha value is -2.49. The molecule has 0 unspecified atom stereocenters. The third-order valence-corrected chi connectivity index (χ3v) is 4.40. The quantitative estimate of drug-likeness (QED) is 0.682. The SMILES string of the molecule is CCCCNC(=O)c1cc2occc2n1Cc1cc(C)ccc1C. The van der Waals surface area contributed by atoms with E-state index in [4.69, 9.17) is 4.42 Å². The minimum Gasteiger partial charge on any atom is -0.463 e. The maximum atomic E-state index is 12.6. The number of carbonyl (C=O) groups is 1. The highest BCUT2D eigenvalue weighted by atomic mass is 16.3. The molecule has 0 aliphatic rings. The molecule has 0 aliphatic carbocycles. The zero-order valence-electron chi connectivity index (χ0n) is 14.6. The lowest BCUT2D eigenvalue weighted by atomic mass is 10.1. The Kier molecular flexibility index (Phi) is 4.74. The van der Waals surface area contributed by atoms with E-state index in [-0.39, 0.29) is 5.91 Å². The van der Waals surface area contributed by atoms with Gasteiger partial charge in [-0.2, -0.15) is 0 Å². The van der Waals surface area contributed by atoms with Gasteiger partial charge in [-0.25, -0.2) is 0 Å². The summed E-state index contributed by atoms with van der Waals surface area (Å²) in [5.74, 6) is -0.0415. The molecule has 0 atom stereocenters. The summed E-state index contributed by atoms with van der Waals surface area (Å²) in [4.78, 5) is 12.6. The summed E-state index contributed by atoms with van der Waals surface area (Å²) < 4.78 is 7.55. The number of aromatic nitrogens is 1. The maximum Gasteiger partial charge on any atom is 0.268 e. The van der Waals surface area contributed by atoms with E-state index in [9.17, 15) is 4.79 Å². The lowest BCUT2D eigenvalue weighted by Gasteiger charge is -2.13. The molecule has 0 fully saturated rings. The van der Waals surface area contributed by atoms with Crippen molar-refractivity contribution in [2.75, 3.05) is 6.54 Å². The zero-order chi connectivity index (χ0) is 17.1. The van der Waals surface area contributed by atoms with Gasteiger partial charge in [-0.05, 0) is 31.4 Å². The predicted octanol–water partition coefficient (Wildman–Crippen LogP) is 4.43. The van der Waals surface area contributed by atoms with Crippen LogP contribution in [0, 0.1) is 13.8 Å². The minimum absolute atomic E-state index is 0.0415. The van der Waals surface area contributed by atoms with Crippen LogP contribution < -0.4 is 5.32 Å². The fourth-order valence-corrected chi connectivity index (χ4v) is 2.95. The van der Waals surface area contributed by atoms with Crippen LogP contribution >= 0.6 is 0 Å². The summed E-state index contributed by atoms with van der Waals surface area (Å²) >= 11 is 0. The van der Waals surface area contributed by atoms with Gasteiger partial charge in [0.05, 0.1) is 11.8 Å². The van der Waals surface area contributed by atoms with E-state index in [1.54, 1.807) is 6.26 Å². The molecular weight excluding hydrogens is 300 g/mol. The summed E-state index contributed by atoms with van der Waals surface area (Å²) in [6, 6.07) is 10.2. The normalized spacial score (nSPS) is 11.1. The maximum absolute atomic E-state index is 12.6. The Balaban J connectivity index is 1.96. The van der Waals surface area contributed by atoms with Crippen molar-refractivity contribution < 1.29 is 9.21 Å². The van der Waals surface area contributed by atoms with E-state index in [0.29, 0.717) is 18.8 Å². The first-order valence-corrected chi connectivity index (χ1v) is 8.51. The molecule has 0 radical (unpaired) electrons. The van der Waals surface area contributed by atoms with Crippen LogP contribution in [0.5, 0.6) is 0 Å². The van der Waals surface area contributed by atoms with Gasteiger partial charge in [-0.15, -0.1) is 0 Å². The van der Waals surface area contributed by atoms with Crippen molar-refractivity contribution in [2.45, 2.75) is 40.2 Å². The average molecular weight is 324 g/mol. The van der Waals surface area contributed by atoms with E-state index in [1.807, 2.05) is 16.7 Å². The van der Waals surface area contributed by atoms with Crippen molar-refractivity contribution in [3.63, 3.8) is 0 Å². The highest BCUT2D eigenvalue weighted by Gasteiger charge is 2.18. The van der Waals surface area contributed by atoms with Crippen LogP contribution in [0.25, 0.3) is 11.1 Å². The molecule has 0 saturated heterocycles. The molecular formula is C20H24N2O2. The summed E-state index contributed by atoms with van der Waals surface area (Å²) in [6.45, 7) is 7.66.